The van der Waals surface area contributed by atoms with Crippen LogP contribution in [0.2, 0.25) is 5.02 Å². The summed E-state index contributed by atoms with van der Waals surface area (Å²) in [6, 6.07) is 6.69. The molecule has 3 heterocycles. The van der Waals surface area contributed by atoms with Gasteiger partial charge < -0.3 is 4.90 Å². The number of halogens is 4. The molecule has 0 atom stereocenters. The summed E-state index contributed by atoms with van der Waals surface area (Å²) in [5.74, 6) is 1.91. The topological polar surface area (TPSA) is 41.9 Å². The number of anilines is 1. The molecule has 0 bridgehead atoms. The maximum Gasteiger partial charge on any atom is 0.417 e. The van der Waals surface area contributed by atoms with Crippen LogP contribution in [0.25, 0.3) is 10.9 Å². The summed E-state index contributed by atoms with van der Waals surface area (Å²) >= 11 is 6.19. The number of aromatic nitrogens is 3. The maximum atomic E-state index is 13.1. The first kappa shape index (κ1) is 17.7. The number of hydrogen-bond acceptors (Lipinski definition) is 4. The fourth-order valence-electron chi connectivity index (χ4n) is 3.63. The third kappa shape index (κ3) is 3.17. The average molecular weight is 405 g/mol. The Balaban J connectivity index is 1.58. The third-order valence-electron chi connectivity index (χ3n) is 5.26. The Morgan fingerprint density at radius 2 is 1.93 bits per heavy atom. The molecule has 0 saturated heterocycles. The summed E-state index contributed by atoms with van der Waals surface area (Å²) in [6.45, 7) is 0.961. The van der Waals surface area contributed by atoms with Gasteiger partial charge in [-0.05, 0) is 42.7 Å². The van der Waals surface area contributed by atoms with E-state index in [4.69, 9.17) is 16.6 Å². The molecule has 1 saturated carbocycles. The van der Waals surface area contributed by atoms with Gasteiger partial charge in [-0.2, -0.15) is 13.2 Å². The van der Waals surface area contributed by atoms with Gasteiger partial charge in [0.1, 0.15) is 11.6 Å². The number of rotatable bonds is 2. The van der Waals surface area contributed by atoms with Gasteiger partial charge in [-0.15, -0.1) is 0 Å². The van der Waals surface area contributed by atoms with Gasteiger partial charge in [0.05, 0.1) is 11.1 Å². The molecule has 144 valence electrons. The molecule has 1 aliphatic carbocycles. The van der Waals surface area contributed by atoms with E-state index in [1.165, 1.54) is 6.07 Å². The molecule has 1 aromatic carbocycles. The second-order valence-electron chi connectivity index (χ2n) is 7.34. The monoisotopic (exact) mass is 404 g/mol. The highest BCUT2D eigenvalue weighted by Gasteiger charge is 2.33. The molecule has 1 fully saturated rings. The van der Waals surface area contributed by atoms with Crippen LogP contribution in [0, 0.1) is 0 Å². The van der Waals surface area contributed by atoms with Crippen molar-refractivity contribution >= 4 is 28.3 Å². The molecular formula is C20H16ClF3N4. The Kier molecular flexibility index (Phi) is 3.98. The molecule has 0 N–H and O–H groups in total. The first-order chi connectivity index (χ1) is 13.4. The smallest absolute Gasteiger partial charge is 0.351 e. The van der Waals surface area contributed by atoms with E-state index in [-0.39, 0.29) is 0 Å². The minimum atomic E-state index is -4.40. The van der Waals surface area contributed by atoms with Gasteiger partial charge in [0.25, 0.3) is 0 Å². The lowest BCUT2D eigenvalue weighted by Gasteiger charge is -2.30. The van der Waals surface area contributed by atoms with Crippen LogP contribution in [-0.4, -0.2) is 21.5 Å². The number of benzene rings is 1. The highest BCUT2D eigenvalue weighted by Crippen LogP contribution is 2.41. The van der Waals surface area contributed by atoms with Crippen molar-refractivity contribution in [3.8, 4) is 0 Å². The molecule has 3 aromatic rings. The summed E-state index contributed by atoms with van der Waals surface area (Å²) in [4.78, 5) is 15.5. The Morgan fingerprint density at radius 3 is 2.68 bits per heavy atom. The van der Waals surface area contributed by atoms with Crippen LogP contribution < -0.4 is 4.90 Å². The maximum absolute atomic E-state index is 13.1. The molecule has 2 aliphatic rings. The van der Waals surface area contributed by atoms with E-state index >= 15 is 0 Å². The zero-order valence-electron chi connectivity index (χ0n) is 14.8. The first-order valence-electron chi connectivity index (χ1n) is 9.15. The molecule has 4 nitrogen and oxygen atoms in total. The predicted octanol–water partition coefficient (Wildman–Crippen LogP) is 5.14. The molecule has 2 aromatic heterocycles. The van der Waals surface area contributed by atoms with Crippen LogP contribution in [0.1, 0.15) is 41.4 Å². The van der Waals surface area contributed by atoms with Crippen LogP contribution in [0.5, 0.6) is 0 Å². The molecular weight excluding hydrogens is 389 g/mol. The van der Waals surface area contributed by atoms with Crippen LogP contribution >= 0.6 is 11.6 Å². The van der Waals surface area contributed by atoms with Crippen LogP contribution in [0.15, 0.2) is 30.5 Å². The number of fused-ring (bicyclic) bond motifs is 2. The lowest BCUT2D eigenvalue weighted by atomic mass is 10.0. The second kappa shape index (κ2) is 6.30. The van der Waals surface area contributed by atoms with Crippen molar-refractivity contribution in [2.45, 2.75) is 37.9 Å². The van der Waals surface area contributed by atoms with Crippen molar-refractivity contribution in [3.63, 3.8) is 0 Å². The van der Waals surface area contributed by atoms with E-state index in [2.05, 4.69) is 9.97 Å². The Morgan fingerprint density at radius 1 is 1.11 bits per heavy atom. The van der Waals surface area contributed by atoms with Gasteiger partial charge in [-0.3, -0.25) is 4.98 Å². The van der Waals surface area contributed by atoms with E-state index in [9.17, 15) is 13.2 Å². The van der Waals surface area contributed by atoms with Crippen molar-refractivity contribution in [2.24, 2.45) is 0 Å². The largest absolute Gasteiger partial charge is 0.417 e. The van der Waals surface area contributed by atoms with E-state index in [0.29, 0.717) is 41.7 Å². The summed E-state index contributed by atoms with van der Waals surface area (Å²) < 4.78 is 39.3. The van der Waals surface area contributed by atoms with Crippen molar-refractivity contribution in [3.05, 3.63) is 58.1 Å². The molecule has 0 unspecified atom stereocenters. The van der Waals surface area contributed by atoms with E-state index in [0.717, 1.165) is 41.6 Å². The lowest BCUT2D eigenvalue weighted by Crippen LogP contribution is -2.32. The number of alkyl halides is 3. The zero-order valence-corrected chi connectivity index (χ0v) is 15.6. The Labute approximate surface area is 164 Å². The van der Waals surface area contributed by atoms with Gasteiger partial charge in [0.15, 0.2) is 0 Å². The molecule has 1 aliphatic heterocycles. The Bertz CT molecular complexity index is 1080. The molecule has 0 spiro atoms. The molecule has 0 amide bonds. The first-order valence-corrected chi connectivity index (χ1v) is 9.53. The van der Waals surface area contributed by atoms with Crippen LogP contribution in [0.3, 0.4) is 0 Å². The van der Waals surface area contributed by atoms with Crippen LogP contribution in [0.4, 0.5) is 19.0 Å². The fourth-order valence-corrected chi connectivity index (χ4v) is 3.80. The normalized spacial score (nSPS) is 17.1. The summed E-state index contributed by atoms with van der Waals surface area (Å²) in [5, 5.41) is 1.40. The summed E-state index contributed by atoms with van der Waals surface area (Å²) in [5.41, 5.74) is 1.39. The molecule has 5 rings (SSSR count). The molecule has 0 radical (unpaired) electrons. The van der Waals surface area contributed by atoms with Crippen molar-refractivity contribution in [1.29, 1.82) is 0 Å². The number of pyridine rings is 1. The van der Waals surface area contributed by atoms with Crippen molar-refractivity contribution in [1.82, 2.24) is 15.0 Å². The minimum absolute atomic E-state index is 0.328. The molecule has 8 heteroatoms. The van der Waals surface area contributed by atoms with Gasteiger partial charge in [-0.25, -0.2) is 9.97 Å². The van der Waals surface area contributed by atoms with Gasteiger partial charge in [0, 0.05) is 47.7 Å². The van der Waals surface area contributed by atoms with Gasteiger partial charge in [-0.1, -0.05) is 11.6 Å². The van der Waals surface area contributed by atoms with Crippen LogP contribution in [-0.2, 0) is 19.1 Å². The van der Waals surface area contributed by atoms with Gasteiger partial charge >= 0.3 is 6.18 Å². The average Bonchev–Trinajstić information content (AvgIpc) is 3.51. The summed E-state index contributed by atoms with van der Waals surface area (Å²) in [6.07, 6.45) is -0.781. The Hall–Kier alpha value is -2.41. The highest BCUT2D eigenvalue weighted by molar-refractivity contribution is 6.31. The number of hydrogen-bond donors (Lipinski definition) is 0. The quantitative estimate of drug-likeness (QED) is 0.593. The SMILES string of the molecule is FC(F)(F)c1cnc2c(c1)CN(c1nc(C3CC3)nc3ccc(Cl)cc13)CC2. The second-order valence-corrected chi connectivity index (χ2v) is 7.78. The van der Waals surface area contributed by atoms with Gasteiger partial charge in [0.2, 0.25) is 0 Å². The van der Waals surface area contributed by atoms with E-state index in [1.807, 2.05) is 17.0 Å². The highest BCUT2D eigenvalue weighted by atomic mass is 35.5. The van der Waals surface area contributed by atoms with Crippen molar-refractivity contribution < 1.29 is 13.2 Å². The van der Waals surface area contributed by atoms with Crippen molar-refractivity contribution in [2.75, 3.05) is 11.4 Å². The van der Waals surface area contributed by atoms with E-state index in [1.54, 1.807) is 6.07 Å². The third-order valence-corrected chi connectivity index (χ3v) is 5.50. The minimum Gasteiger partial charge on any atom is -0.351 e. The number of nitrogens with zero attached hydrogens (tertiary/aromatic N) is 4. The van der Waals surface area contributed by atoms with E-state index < -0.39 is 11.7 Å². The molecule has 28 heavy (non-hydrogen) atoms. The zero-order chi connectivity index (χ0) is 19.5. The predicted molar refractivity (Wildman–Crippen MR) is 101 cm³/mol. The lowest BCUT2D eigenvalue weighted by molar-refractivity contribution is -0.137. The summed E-state index contributed by atoms with van der Waals surface area (Å²) in [7, 11) is 0. The standard InChI is InChI=1S/C20H16ClF3N4/c21-14-3-4-17-15(8-14)19(27-18(26-17)11-1-2-11)28-6-5-16-12(10-28)7-13(9-25-16)20(22,23)24/h3-4,7-9,11H,1-2,5-6,10H2. The fraction of sp³-hybridized carbons (Fsp3) is 0.350.